The average Bonchev–Trinajstić information content (AvgIpc) is 2.54. The molecule has 0 heterocycles. The molecule has 0 radical (unpaired) electrons. The fourth-order valence-electron chi connectivity index (χ4n) is 1.49. The summed E-state index contributed by atoms with van der Waals surface area (Å²) in [5.74, 6) is -2.39. The van der Waals surface area contributed by atoms with E-state index < -0.39 is 23.1 Å². The zero-order chi connectivity index (χ0) is 11.5. The molecular formula is C10H12O4S. The number of thiol groups is 1. The van der Waals surface area contributed by atoms with E-state index in [1.807, 2.05) is 24.3 Å². The third-order valence-electron chi connectivity index (χ3n) is 2.24. The molecule has 2 N–H and O–H groups in total. The summed E-state index contributed by atoms with van der Waals surface area (Å²) in [7, 11) is 0. The van der Waals surface area contributed by atoms with Gasteiger partial charge in [0.2, 0.25) is 0 Å². The summed E-state index contributed by atoms with van der Waals surface area (Å²) in [6.45, 7) is 0. The fourth-order valence-corrected chi connectivity index (χ4v) is 1.84. The lowest BCUT2D eigenvalue weighted by Crippen LogP contribution is -2.36. The molecule has 82 valence electrons. The van der Waals surface area contributed by atoms with Crippen LogP contribution in [0.5, 0.6) is 0 Å². The minimum Gasteiger partial charge on any atom is -0.481 e. The average molecular weight is 228 g/mol. The van der Waals surface area contributed by atoms with E-state index in [1.54, 1.807) is 0 Å². The Bertz CT molecular complexity index is 322. The number of aliphatic carboxylic acids is 2. The van der Waals surface area contributed by atoms with E-state index >= 15 is 0 Å². The molecule has 1 rings (SSSR count). The molecule has 0 fully saturated rings. The highest BCUT2D eigenvalue weighted by Crippen LogP contribution is 2.31. The van der Waals surface area contributed by atoms with Gasteiger partial charge in [0, 0.05) is 0 Å². The number of hydrogen-bond donors (Lipinski definition) is 3. The number of carboxylic acids is 2. The molecule has 0 bridgehead atoms. The first-order chi connectivity index (χ1) is 6.94. The Labute approximate surface area is 92.7 Å². The van der Waals surface area contributed by atoms with Crippen molar-refractivity contribution in [3.05, 3.63) is 24.3 Å². The monoisotopic (exact) mass is 228 g/mol. The summed E-state index contributed by atoms with van der Waals surface area (Å²) in [4.78, 5) is 21.5. The van der Waals surface area contributed by atoms with Crippen LogP contribution in [0.15, 0.2) is 24.3 Å². The van der Waals surface area contributed by atoms with Crippen molar-refractivity contribution in [2.45, 2.75) is 17.6 Å². The molecule has 1 atom stereocenters. The van der Waals surface area contributed by atoms with E-state index in [0.717, 1.165) is 0 Å². The minimum atomic E-state index is -1.50. The van der Waals surface area contributed by atoms with Crippen LogP contribution in [0.3, 0.4) is 0 Å². The first-order valence-electron chi connectivity index (χ1n) is 4.46. The van der Waals surface area contributed by atoms with Gasteiger partial charge in [0.25, 0.3) is 0 Å². The van der Waals surface area contributed by atoms with Crippen molar-refractivity contribution in [3.63, 3.8) is 0 Å². The lowest BCUT2D eigenvalue weighted by molar-refractivity contribution is -0.146. The number of carbonyl (C=O) groups is 2. The van der Waals surface area contributed by atoms with Gasteiger partial charge in [0.15, 0.2) is 0 Å². The number of rotatable bonds is 5. The van der Waals surface area contributed by atoms with Crippen LogP contribution >= 0.6 is 12.6 Å². The van der Waals surface area contributed by atoms with Gasteiger partial charge in [-0.1, -0.05) is 24.3 Å². The van der Waals surface area contributed by atoms with Gasteiger partial charge < -0.3 is 10.2 Å². The van der Waals surface area contributed by atoms with Crippen LogP contribution in [0.4, 0.5) is 0 Å². The lowest BCUT2D eigenvalue weighted by atomic mass is 9.92. The lowest BCUT2D eigenvalue weighted by Gasteiger charge is -2.23. The van der Waals surface area contributed by atoms with E-state index in [9.17, 15) is 9.59 Å². The number of allylic oxidation sites excluding steroid dienone is 4. The quantitative estimate of drug-likeness (QED) is 0.621. The van der Waals surface area contributed by atoms with Crippen LogP contribution < -0.4 is 0 Å². The second-order valence-electron chi connectivity index (χ2n) is 3.55. The van der Waals surface area contributed by atoms with Gasteiger partial charge in [-0.05, 0) is 12.3 Å². The Morgan fingerprint density at radius 2 is 1.80 bits per heavy atom. The van der Waals surface area contributed by atoms with Crippen molar-refractivity contribution in [3.8, 4) is 0 Å². The number of carboxylic acid groups (broad SMARTS) is 2. The summed E-state index contributed by atoms with van der Waals surface area (Å²) in [6, 6.07) is 0. The van der Waals surface area contributed by atoms with Gasteiger partial charge >= 0.3 is 11.9 Å². The van der Waals surface area contributed by atoms with Crippen LogP contribution in [0.2, 0.25) is 0 Å². The molecule has 0 aliphatic heterocycles. The Kier molecular flexibility index (Phi) is 3.57. The predicted molar refractivity (Wildman–Crippen MR) is 58.0 cm³/mol. The van der Waals surface area contributed by atoms with Gasteiger partial charge in [-0.2, -0.15) is 12.6 Å². The predicted octanol–water partition coefficient (Wildman–Crippen LogP) is 1.35. The first kappa shape index (κ1) is 11.8. The zero-order valence-electron chi connectivity index (χ0n) is 7.96. The van der Waals surface area contributed by atoms with Crippen LogP contribution in [-0.4, -0.2) is 26.9 Å². The molecule has 0 aromatic rings. The van der Waals surface area contributed by atoms with Crippen LogP contribution in [0, 0.1) is 5.92 Å². The molecule has 5 heteroatoms. The maximum atomic E-state index is 11.0. The molecule has 0 aromatic carbocycles. The molecule has 0 amide bonds. The van der Waals surface area contributed by atoms with E-state index in [2.05, 4.69) is 12.6 Å². The van der Waals surface area contributed by atoms with Crippen LogP contribution in [0.25, 0.3) is 0 Å². The normalized spacial score (nSPS) is 19.0. The highest BCUT2D eigenvalue weighted by atomic mass is 32.1. The van der Waals surface area contributed by atoms with Crippen molar-refractivity contribution >= 4 is 24.6 Å². The van der Waals surface area contributed by atoms with E-state index in [-0.39, 0.29) is 12.3 Å². The Hall–Kier alpha value is -1.23. The Balaban J connectivity index is 2.72. The topological polar surface area (TPSA) is 74.6 Å². The highest BCUT2D eigenvalue weighted by Gasteiger charge is 2.38. The maximum absolute atomic E-state index is 11.0. The third kappa shape index (κ3) is 3.13. The van der Waals surface area contributed by atoms with Crippen LogP contribution in [0.1, 0.15) is 12.8 Å². The van der Waals surface area contributed by atoms with Crippen LogP contribution in [-0.2, 0) is 9.59 Å². The summed E-state index contributed by atoms with van der Waals surface area (Å²) < 4.78 is -1.50. The molecule has 0 spiro atoms. The molecule has 0 saturated heterocycles. The molecule has 1 aliphatic rings. The molecule has 0 saturated carbocycles. The minimum absolute atomic E-state index is 0.0436. The van der Waals surface area contributed by atoms with Crippen molar-refractivity contribution in [2.75, 3.05) is 0 Å². The second-order valence-corrected chi connectivity index (χ2v) is 4.40. The highest BCUT2D eigenvalue weighted by molar-refractivity contribution is 7.82. The first-order valence-corrected chi connectivity index (χ1v) is 4.91. The standard InChI is InChI=1S/C10H12O4S/c11-8(12)6-10(15,9(13)14)5-7-3-1-2-4-7/h1-4,7,15H,5-6H2,(H,11,12)(H,13,14). The van der Waals surface area contributed by atoms with Gasteiger partial charge in [-0.15, -0.1) is 0 Å². The summed E-state index contributed by atoms with van der Waals surface area (Å²) >= 11 is 3.98. The maximum Gasteiger partial charge on any atom is 0.320 e. The van der Waals surface area contributed by atoms with Crippen molar-refractivity contribution in [1.29, 1.82) is 0 Å². The molecule has 0 aromatic heterocycles. The summed E-state index contributed by atoms with van der Waals surface area (Å²) in [6.07, 6.45) is 6.98. The van der Waals surface area contributed by atoms with E-state index in [4.69, 9.17) is 10.2 Å². The zero-order valence-corrected chi connectivity index (χ0v) is 8.85. The van der Waals surface area contributed by atoms with E-state index in [0.29, 0.717) is 0 Å². The molecule has 1 unspecified atom stereocenters. The van der Waals surface area contributed by atoms with Crippen molar-refractivity contribution < 1.29 is 19.8 Å². The van der Waals surface area contributed by atoms with Gasteiger partial charge in [-0.3, -0.25) is 9.59 Å². The molecular weight excluding hydrogens is 216 g/mol. The van der Waals surface area contributed by atoms with Gasteiger partial charge in [0.1, 0.15) is 4.75 Å². The Morgan fingerprint density at radius 3 is 2.20 bits per heavy atom. The summed E-state index contributed by atoms with van der Waals surface area (Å²) in [5, 5.41) is 17.6. The SMILES string of the molecule is O=C(O)CC(S)(CC1C=CC=C1)C(=O)O. The molecule has 15 heavy (non-hydrogen) atoms. The fraction of sp³-hybridized carbons (Fsp3) is 0.400. The molecule has 1 aliphatic carbocycles. The van der Waals surface area contributed by atoms with Gasteiger partial charge in [0.05, 0.1) is 6.42 Å². The van der Waals surface area contributed by atoms with E-state index in [1.165, 1.54) is 0 Å². The third-order valence-corrected chi connectivity index (χ3v) is 2.77. The molecule has 4 nitrogen and oxygen atoms in total. The smallest absolute Gasteiger partial charge is 0.320 e. The van der Waals surface area contributed by atoms with Crippen molar-refractivity contribution in [2.24, 2.45) is 5.92 Å². The summed E-state index contributed by atoms with van der Waals surface area (Å²) in [5.41, 5.74) is 0. The Morgan fingerprint density at radius 1 is 1.27 bits per heavy atom. The second kappa shape index (κ2) is 4.53. The van der Waals surface area contributed by atoms with Crippen molar-refractivity contribution in [1.82, 2.24) is 0 Å². The number of hydrogen-bond acceptors (Lipinski definition) is 3. The van der Waals surface area contributed by atoms with Gasteiger partial charge in [-0.25, -0.2) is 0 Å². The largest absolute Gasteiger partial charge is 0.481 e.